The van der Waals surface area contributed by atoms with Gasteiger partial charge >= 0.3 is 15.6 Å². The van der Waals surface area contributed by atoms with Gasteiger partial charge in [-0.1, -0.05) is 0 Å². The number of rotatable bonds is 2. The fourth-order valence-electron chi connectivity index (χ4n) is 0.513. The third-order valence-corrected chi connectivity index (χ3v) is 3.57. The van der Waals surface area contributed by atoms with E-state index in [1.54, 1.807) is 11.6 Å². The lowest BCUT2D eigenvalue weighted by Gasteiger charge is -2.03. The Kier molecular flexibility index (Phi) is 6.73. The second kappa shape index (κ2) is 6.97. The monoisotopic (exact) mass is 305 g/mol. The van der Waals surface area contributed by atoms with Crippen molar-refractivity contribution >= 4 is 26.5 Å². The Bertz CT molecular complexity index is 438. The highest BCUT2D eigenvalue weighted by atomic mass is 32.2. The van der Waals surface area contributed by atoms with Gasteiger partial charge in [-0.15, -0.1) is 4.16 Å². The normalized spacial score (nSPS) is 18.7. The molecule has 1 atom stereocenters. The molecule has 13 heteroatoms. The molecule has 0 saturated carbocycles. The van der Waals surface area contributed by atoms with E-state index in [0.717, 1.165) is 0 Å². The van der Waals surface area contributed by atoms with Crippen LogP contribution in [0.5, 0.6) is 0 Å². The van der Waals surface area contributed by atoms with Crippen LogP contribution in [0.1, 0.15) is 0 Å². The quantitative estimate of drug-likeness (QED) is 0.260. The minimum absolute atomic E-state index is 0.488. The van der Waals surface area contributed by atoms with Crippen molar-refractivity contribution in [1.29, 1.82) is 0 Å². The molecule has 0 aromatic carbocycles. The highest BCUT2D eigenvalue weighted by Crippen LogP contribution is 2.53. The molecule has 0 aromatic heterocycles. The summed E-state index contributed by atoms with van der Waals surface area (Å²) in [5, 5.41) is 1.78. The number of hydrogen-bond donors (Lipinski definition) is 5. The van der Waals surface area contributed by atoms with Crippen LogP contribution >= 0.6 is 15.6 Å². The summed E-state index contributed by atoms with van der Waals surface area (Å²) in [7, 11) is -10.6. The molecule has 1 aliphatic heterocycles. The summed E-state index contributed by atoms with van der Waals surface area (Å²) >= 11 is 0. The van der Waals surface area contributed by atoms with Gasteiger partial charge in [0.2, 0.25) is 0 Å². The first kappa shape index (κ1) is 16.4. The average Bonchev–Trinajstić information content (AvgIpc) is 2.14. The van der Waals surface area contributed by atoms with Crippen LogP contribution in [0, 0.1) is 0 Å². The van der Waals surface area contributed by atoms with Crippen LogP contribution < -0.4 is 8.88 Å². The molecule has 1 rings (SSSR count). The lowest BCUT2D eigenvalue weighted by molar-refractivity contribution is 0.225. The maximum absolute atomic E-state index is 9.63. The van der Waals surface area contributed by atoms with Crippen molar-refractivity contribution in [3.8, 4) is 0 Å². The van der Waals surface area contributed by atoms with Gasteiger partial charge in [0.15, 0.2) is 0 Å². The van der Waals surface area contributed by atoms with Gasteiger partial charge in [0.25, 0.3) is 10.9 Å². The molecule has 5 N–H and O–H groups in total. The molecule has 10 nitrogen and oxygen atoms in total. The first-order valence-corrected chi connectivity index (χ1v) is 7.95. The zero-order chi connectivity index (χ0) is 13.5. The molecular weight excluding hydrogens is 296 g/mol. The van der Waals surface area contributed by atoms with Crippen LogP contribution in [-0.4, -0.2) is 19.6 Å². The lowest BCUT2D eigenvalue weighted by Crippen LogP contribution is -2.09. The van der Waals surface area contributed by atoms with E-state index in [0.29, 0.717) is 0 Å². The van der Waals surface area contributed by atoms with Crippen molar-refractivity contribution in [3.05, 3.63) is 29.3 Å². The van der Waals surface area contributed by atoms with Crippen LogP contribution in [0.3, 0.4) is 0 Å². The smallest absolute Gasteiger partial charge is 0.349 e. The van der Waals surface area contributed by atoms with Crippen LogP contribution in [0.15, 0.2) is 23.8 Å². The molecule has 17 heavy (non-hydrogen) atoms. The zero-order valence-electron chi connectivity index (χ0n) is 8.02. The van der Waals surface area contributed by atoms with Crippen LogP contribution in [0.4, 0.5) is 0 Å². The van der Waals surface area contributed by atoms with E-state index in [2.05, 4.69) is 13.2 Å². The number of hydrogen-bond acceptors (Lipinski definition) is 3. The fourth-order valence-corrected chi connectivity index (χ4v) is 2.26. The zero-order valence-corrected chi connectivity index (χ0v) is 10.6. The highest BCUT2D eigenvalue weighted by Gasteiger charge is 2.27. The first-order valence-electron chi connectivity index (χ1n) is 3.64. The lowest BCUT2D eigenvalue weighted by atomic mass is 10.6. The molecule has 0 aliphatic carbocycles. The third-order valence-electron chi connectivity index (χ3n) is 0.904. The number of nitrogens with one attached hydrogen (secondary N) is 1. The Balaban J connectivity index is 0.000000302. The minimum Gasteiger partial charge on any atom is -0.349 e. The predicted molar refractivity (Wildman–Crippen MR) is 59.4 cm³/mol. The van der Waals surface area contributed by atoms with Gasteiger partial charge in [0.05, 0.1) is 5.41 Å². The van der Waals surface area contributed by atoms with E-state index >= 15 is 0 Å². The van der Waals surface area contributed by atoms with E-state index in [1.165, 1.54) is 0 Å². The van der Waals surface area contributed by atoms with Crippen molar-refractivity contribution in [3.63, 3.8) is 0 Å². The van der Waals surface area contributed by atoms with Gasteiger partial charge in [0, 0.05) is 6.20 Å². The molecule has 0 bridgehead atoms. The Morgan fingerprint density at radius 3 is 1.88 bits per heavy atom. The molecular formula is C4H9N3O7P2S. The number of phosphoric acid groups is 2. The van der Waals surface area contributed by atoms with E-state index < -0.39 is 26.5 Å². The summed E-state index contributed by atoms with van der Waals surface area (Å²) in [4.78, 5) is 31.0. The molecule has 1 unspecified atom stereocenters. The van der Waals surface area contributed by atoms with Gasteiger partial charge in [0.1, 0.15) is 0 Å². The molecule has 1 heterocycles. The first-order chi connectivity index (χ1) is 7.64. The van der Waals surface area contributed by atoms with Crippen molar-refractivity contribution in [1.82, 2.24) is 8.88 Å². The molecule has 0 radical (unpaired) electrons. The van der Waals surface area contributed by atoms with Gasteiger partial charge in [-0.2, -0.15) is 4.31 Å². The number of allylic oxidation sites excluding steroid dienone is 2. The molecule has 0 fully saturated rings. The molecule has 98 valence electrons. The van der Waals surface area contributed by atoms with E-state index in [9.17, 15) is 9.13 Å². The summed E-state index contributed by atoms with van der Waals surface area (Å²) < 4.78 is 28.1. The highest BCUT2D eigenvalue weighted by molar-refractivity contribution is 7.87. The van der Waals surface area contributed by atoms with Crippen molar-refractivity contribution in [2.24, 2.45) is 0 Å². The average molecular weight is 305 g/mol. The SMILES string of the molecule is O=P(O)(O)OP(=O)(O)O.[N-]=[N+]=S1C=CC=CN1. The molecule has 0 saturated heterocycles. The fraction of sp³-hybridized carbons (Fsp3) is 0. The van der Waals surface area contributed by atoms with Crippen LogP contribution in [-0.2, 0) is 24.3 Å². The van der Waals surface area contributed by atoms with Gasteiger partial charge in [-0.05, 0) is 12.2 Å². The van der Waals surface area contributed by atoms with E-state index in [-0.39, 0.29) is 0 Å². The number of nitrogens with zero attached hydrogens (tertiary/aromatic N) is 2. The molecule has 0 spiro atoms. The summed E-state index contributed by atoms with van der Waals surface area (Å²) in [5.41, 5.74) is 8.18. The standard InChI is InChI=1S/C4H5N3S.H4O7P2/c5-7-8-4-2-1-3-6-8;1-8(2,3)7-9(4,5)6/h1-4,6H;(H2,1,2,3)(H2,4,5,6). The summed E-state index contributed by atoms with van der Waals surface area (Å²) in [6, 6.07) is 0. The molecule has 1 aliphatic rings. The Labute approximate surface area is 98.2 Å². The predicted octanol–water partition coefficient (Wildman–Crippen LogP) is -0.389. The molecule has 0 amide bonds. The maximum atomic E-state index is 9.63. The van der Waals surface area contributed by atoms with Crippen molar-refractivity contribution < 1.29 is 33.0 Å². The van der Waals surface area contributed by atoms with Crippen molar-refractivity contribution in [2.45, 2.75) is 0 Å². The Morgan fingerprint density at radius 1 is 1.18 bits per heavy atom. The van der Waals surface area contributed by atoms with Crippen LogP contribution in [0.25, 0.3) is 5.53 Å². The Hall–Kier alpha value is -0.600. The molecule has 0 aromatic rings. The van der Waals surface area contributed by atoms with E-state index in [4.69, 9.17) is 25.1 Å². The Morgan fingerprint density at radius 2 is 1.71 bits per heavy atom. The van der Waals surface area contributed by atoms with E-state index in [1.807, 2.05) is 12.2 Å². The van der Waals surface area contributed by atoms with Gasteiger partial charge in [-0.3, -0.25) is 4.72 Å². The minimum atomic E-state index is -5.05. The second-order valence-electron chi connectivity index (χ2n) is 2.26. The summed E-state index contributed by atoms with van der Waals surface area (Å²) in [5.74, 6) is 0. The summed E-state index contributed by atoms with van der Waals surface area (Å²) in [6.45, 7) is 0. The topological polar surface area (TPSA) is 173 Å². The van der Waals surface area contributed by atoms with Gasteiger partial charge < -0.3 is 25.1 Å². The van der Waals surface area contributed by atoms with Crippen molar-refractivity contribution in [2.75, 3.05) is 0 Å². The second-order valence-corrected chi connectivity index (χ2v) is 6.18. The third kappa shape index (κ3) is 11.7. The summed E-state index contributed by atoms with van der Waals surface area (Å²) in [6.07, 6.45) is 5.41. The van der Waals surface area contributed by atoms with Crippen LogP contribution in [0.2, 0.25) is 0 Å². The van der Waals surface area contributed by atoms with Gasteiger partial charge in [-0.25, -0.2) is 9.13 Å². The maximum Gasteiger partial charge on any atom is 0.478 e. The largest absolute Gasteiger partial charge is 0.478 e.